The molecule has 5 heteroatoms. The van der Waals surface area contributed by atoms with Gasteiger partial charge in [-0.2, -0.15) is 0 Å². The number of carbonyl (C=O) groups excluding carboxylic acids is 1. The first-order valence-corrected chi connectivity index (χ1v) is 7.02. The molecule has 1 N–H and O–H groups in total. The van der Waals surface area contributed by atoms with Crippen molar-refractivity contribution in [3.8, 4) is 11.5 Å². The minimum absolute atomic E-state index is 0.0146. The van der Waals surface area contributed by atoms with E-state index in [0.717, 1.165) is 25.2 Å². The first kappa shape index (κ1) is 14.7. The van der Waals surface area contributed by atoms with E-state index in [1.54, 1.807) is 12.1 Å². The fraction of sp³-hybridized carbons (Fsp3) is 0.533. The molecule has 1 fully saturated rings. The van der Waals surface area contributed by atoms with Gasteiger partial charge in [-0.3, -0.25) is 4.79 Å². The minimum Gasteiger partial charge on any atom is -0.494 e. The van der Waals surface area contributed by atoms with Crippen LogP contribution in [0.4, 0.5) is 0 Å². The molecule has 0 aromatic heterocycles. The van der Waals surface area contributed by atoms with Crippen LogP contribution in [0.25, 0.3) is 0 Å². The van der Waals surface area contributed by atoms with Gasteiger partial charge in [0.15, 0.2) is 6.61 Å². The van der Waals surface area contributed by atoms with Crippen LogP contribution in [0.2, 0.25) is 0 Å². The maximum Gasteiger partial charge on any atom is 0.258 e. The zero-order chi connectivity index (χ0) is 14.2. The lowest BCUT2D eigenvalue weighted by Crippen LogP contribution is -2.35. The fourth-order valence-corrected chi connectivity index (χ4v) is 2.03. The molecule has 2 rings (SSSR count). The second-order valence-electron chi connectivity index (χ2n) is 4.63. The Kier molecular flexibility index (Phi) is 5.68. The van der Waals surface area contributed by atoms with Gasteiger partial charge in [-0.1, -0.05) is 0 Å². The van der Waals surface area contributed by atoms with E-state index >= 15 is 0 Å². The van der Waals surface area contributed by atoms with Crippen LogP contribution in [0, 0.1) is 0 Å². The predicted octanol–water partition coefficient (Wildman–Crippen LogP) is 1.76. The van der Waals surface area contributed by atoms with Crippen molar-refractivity contribution in [3.05, 3.63) is 24.3 Å². The molecule has 0 radical (unpaired) electrons. The zero-order valence-electron chi connectivity index (χ0n) is 11.8. The van der Waals surface area contributed by atoms with Crippen LogP contribution >= 0.6 is 0 Å². The number of nitrogens with one attached hydrogen (secondary N) is 1. The highest BCUT2D eigenvalue weighted by atomic mass is 16.5. The minimum atomic E-state index is -0.130. The van der Waals surface area contributed by atoms with Gasteiger partial charge in [-0.25, -0.2) is 0 Å². The predicted molar refractivity (Wildman–Crippen MR) is 75.1 cm³/mol. The normalized spacial score (nSPS) is 17.8. The molecule has 0 aliphatic carbocycles. The quantitative estimate of drug-likeness (QED) is 0.826. The summed E-state index contributed by atoms with van der Waals surface area (Å²) < 4.78 is 16.2. The second kappa shape index (κ2) is 7.75. The smallest absolute Gasteiger partial charge is 0.258 e. The zero-order valence-corrected chi connectivity index (χ0v) is 11.8. The molecular formula is C15H21NO4. The van der Waals surface area contributed by atoms with Crippen molar-refractivity contribution in [1.82, 2.24) is 5.32 Å². The number of hydrogen-bond acceptors (Lipinski definition) is 4. The molecule has 1 atom stereocenters. The summed E-state index contributed by atoms with van der Waals surface area (Å²) in [5.74, 6) is 1.32. The third kappa shape index (κ3) is 4.74. The second-order valence-corrected chi connectivity index (χ2v) is 4.63. The van der Waals surface area contributed by atoms with Gasteiger partial charge in [0.25, 0.3) is 5.91 Å². The Labute approximate surface area is 119 Å². The van der Waals surface area contributed by atoms with E-state index in [-0.39, 0.29) is 18.6 Å². The number of benzene rings is 1. The molecule has 110 valence electrons. The van der Waals surface area contributed by atoms with E-state index in [9.17, 15) is 4.79 Å². The van der Waals surface area contributed by atoms with E-state index in [4.69, 9.17) is 14.2 Å². The summed E-state index contributed by atoms with van der Waals surface area (Å²) in [5.41, 5.74) is 0. The highest BCUT2D eigenvalue weighted by Crippen LogP contribution is 2.17. The van der Waals surface area contributed by atoms with Crippen molar-refractivity contribution in [2.45, 2.75) is 25.9 Å². The van der Waals surface area contributed by atoms with E-state index in [0.29, 0.717) is 18.9 Å². The average molecular weight is 279 g/mol. The van der Waals surface area contributed by atoms with E-state index in [2.05, 4.69) is 5.32 Å². The monoisotopic (exact) mass is 279 g/mol. The number of hydrogen-bond donors (Lipinski definition) is 1. The standard InChI is InChI=1S/C15H21NO4/c1-2-18-12-5-7-13(8-6-12)20-11-15(17)16-10-14-4-3-9-19-14/h5-8,14H,2-4,9-11H2,1H3,(H,16,17). The largest absolute Gasteiger partial charge is 0.494 e. The highest BCUT2D eigenvalue weighted by molar-refractivity contribution is 5.77. The van der Waals surface area contributed by atoms with Gasteiger partial charge in [0.2, 0.25) is 0 Å². The highest BCUT2D eigenvalue weighted by Gasteiger charge is 2.16. The molecule has 0 spiro atoms. The number of rotatable bonds is 7. The van der Waals surface area contributed by atoms with Crippen molar-refractivity contribution in [2.24, 2.45) is 0 Å². The van der Waals surface area contributed by atoms with Crippen LogP contribution in [-0.4, -0.2) is 38.4 Å². The van der Waals surface area contributed by atoms with Crippen LogP contribution in [0.5, 0.6) is 11.5 Å². The van der Waals surface area contributed by atoms with Crippen molar-refractivity contribution < 1.29 is 19.0 Å². The molecule has 1 amide bonds. The summed E-state index contributed by atoms with van der Waals surface area (Å²) in [6.07, 6.45) is 2.24. The molecule has 1 saturated heterocycles. The van der Waals surface area contributed by atoms with Crippen LogP contribution in [0.3, 0.4) is 0 Å². The molecule has 1 aromatic carbocycles. The lowest BCUT2D eigenvalue weighted by molar-refractivity contribution is -0.123. The average Bonchev–Trinajstić information content (AvgIpc) is 2.98. The van der Waals surface area contributed by atoms with E-state index in [1.807, 2.05) is 19.1 Å². The molecule has 1 aliphatic rings. The molecular weight excluding hydrogens is 258 g/mol. The van der Waals surface area contributed by atoms with Gasteiger partial charge < -0.3 is 19.5 Å². The molecule has 0 saturated carbocycles. The third-order valence-electron chi connectivity index (χ3n) is 3.06. The third-order valence-corrected chi connectivity index (χ3v) is 3.06. The SMILES string of the molecule is CCOc1ccc(OCC(=O)NCC2CCCO2)cc1. The van der Waals surface area contributed by atoms with Gasteiger partial charge in [0, 0.05) is 13.2 Å². The number of amides is 1. The molecule has 0 bridgehead atoms. The summed E-state index contributed by atoms with van der Waals surface area (Å²) in [7, 11) is 0. The van der Waals surface area contributed by atoms with Crippen molar-refractivity contribution >= 4 is 5.91 Å². The van der Waals surface area contributed by atoms with Crippen molar-refractivity contribution in [3.63, 3.8) is 0 Å². The Hall–Kier alpha value is -1.75. The van der Waals surface area contributed by atoms with Crippen LogP contribution in [0.15, 0.2) is 24.3 Å². The van der Waals surface area contributed by atoms with Crippen molar-refractivity contribution in [2.75, 3.05) is 26.4 Å². The van der Waals surface area contributed by atoms with Gasteiger partial charge in [0.05, 0.1) is 12.7 Å². The summed E-state index contributed by atoms with van der Waals surface area (Å²) in [6, 6.07) is 7.23. The molecule has 1 aliphatic heterocycles. The Balaban J connectivity index is 1.66. The number of carbonyl (C=O) groups is 1. The topological polar surface area (TPSA) is 56.8 Å². The summed E-state index contributed by atoms with van der Waals surface area (Å²) in [4.78, 5) is 11.6. The maximum absolute atomic E-state index is 11.6. The van der Waals surface area contributed by atoms with E-state index < -0.39 is 0 Å². The Bertz CT molecular complexity index is 412. The molecule has 5 nitrogen and oxygen atoms in total. The van der Waals surface area contributed by atoms with Crippen molar-refractivity contribution in [1.29, 1.82) is 0 Å². The Morgan fingerprint density at radius 3 is 2.60 bits per heavy atom. The van der Waals surface area contributed by atoms with Gasteiger partial charge in [-0.15, -0.1) is 0 Å². The first-order chi connectivity index (χ1) is 9.78. The Morgan fingerprint density at radius 2 is 2.00 bits per heavy atom. The molecule has 1 aromatic rings. The molecule has 20 heavy (non-hydrogen) atoms. The van der Waals surface area contributed by atoms with Crippen LogP contribution < -0.4 is 14.8 Å². The van der Waals surface area contributed by atoms with Crippen LogP contribution in [-0.2, 0) is 9.53 Å². The maximum atomic E-state index is 11.6. The summed E-state index contributed by atoms with van der Waals surface area (Å²) in [6.45, 7) is 3.93. The van der Waals surface area contributed by atoms with Gasteiger partial charge in [-0.05, 0) is 44.0 Å². The fourth-order valence-electron chi connectivity index (χ4n) is 2.03. The lowest BCUT2D eigenvalue weighted by Gasteiger charge is -2.11. The summed E-state index contributed by atoms with van der Waals surface area (Å²) >= 11 is 0. The Morgan fingerprint density at radius 1 is 1.30 bits per heavy atom. The number of ether oxygens (including phenoxy) is 3. The van der Waals surface area contributed by atoms with Crippen LogP contribution in [0.1, 0.15) is 19.8 Å². The molecule has 1 heterocycles. The summed E-state index contributed by atoms with van der Waals surface area (Å²) in [5, 5.41) is 2.81. The lowest BCUT2D eigenvalue weighted by atomic mass is 10.2. The van der Waals surface area contributed by atoms with Gasteiger partial charge in [0.1, 0.15) is 11.5 Å². The van der Waals surface area contributed by atoms with Gasteiger partial charge >= 0.3 is 0 Å². The first-order valence-electron chi connectivity index (χ1n) is 7.02. The van der Waals surface area contributed by atoms with E-state index in [1.165, 1.54) is 0 Å². The molecule has 1 unspecified atom stereocenters.